The fourth-order valence-electron chi connectivity index (χ4n) is 2.67. The first-order chi connectivity index (χ1) is 13.5. The van der Waals surface area contributed by atoms with Gasteiger partial charge in [0.1, 0.15) is 11.5 Å². The fourth-order valence-corrected chi connectivity index (χ4v) is 4.09. The summed E-state index contributed by atoms with van der Waals surface area (Å²) in [5.41, 5.74) is 0.877. The van der Waals surface area contributed by atoms with Crippen molar-refractivity contribution in [2.24, 2.45) is 0 Å². The first-order valence-electron chi connectivity index (χ1n) is 9.19. The zero-order valence-corrected chi connectivity index (χ0v) is 18.2. The average Bonchev–Trinajstić information content (AvgIpc) is 2.65. The Labute approximate surface area is 172 Å². The molecule has 0 unspecified atom stereocenters. The number of hydrogen-bond donors (Lipinski definition) is 2. The van der Waals surface area contributed by atoms with Crippen LogP contribution in [0.2, 0.25) is 0 Å². The second-order valence-electron chi connectivity index (χ2n) is 7.61. The molecule has 8 heteroatoms. The molecular weight excluding hydrogens is 392 g/mol. The fraction of sp³-hybridized carbons (Fsp3) is 0.381. The summed E-state index contributed by atoms with van der Waals surface area (Å²) in [4.78, 5) is 12.5. The van der Waals surface area contributed by atoms with Crippen molar-refractivity contribution in [3.05, 3.63) is 48.0 Å². The van der Waals surface area contributed by atoms with E-state index >= 15 is 0 Å². The minimum absolute atomic E-state index is 0.167. The number of amides is 1. The van der Waals surface area contributed by atoms with Crippen LogP contribution < -0.4 is 19.5 Å². The summed E-state index contributed by atoms with van der Waals surface area (Å²) in [7, 11) is -0.493. The second kappa shape index (κ2) is 9.28. The molecule has 0 atom stereocenters. The van der Waals surface area contributed by atoms with Gasteiger partial charge in [-0.1, -0.05) is 12.1 Å². The van der Waals surface area contributed by atoms with Gasteiger partial charge in [0.15, 0.2) is 0 Å². The Morgan fingerprint density at radius 1 is 1.00 bits per heavy atom. The van der Waals surface area contributed by atoms with Crippen LogP contribution in [-0.4, -0.2) is 34.1 Å². The number of sulfonamides is 1. The van der Waals surface area contributed by atoms with E-state index in [0.29, 0.717) is 23.6 Å². The minimum atomic E-state index is -3.57. The van der Waals surface area contributed by atoms with E-state index in [1.54, 1.807) is 70.3 Å². The average molecular weight is 421 g/mol. The van der Waals surface area contributed by atoms with Crippen LogP contribution in [0, 0.1) is 0 Å². The minimum Gasteiger partial charge on any atom is -0.497 e. The summed E-state index contributed by atoms with van der Waals surface area (Å²) in [6.07, 6.45) is 0.735. The highest BCUT2D eigenvalue weighted by atomic mass is 32.2. The lowest BCUT2D eigenvalue weighted by Crippen LogP contribution is -2.40. The van der Waals surface area contributed by atoms with Crippen LogP contribution >= 0.6 is 0 Å². The number of carbonyl (C=O) groups is 1. The molecule has 2 N–H and O–H groups in total. The van der Waals surface area contributed by atoms with Crippen molar-refractivity contribution < 1.29 is 22.7 Å². The molecule has 0 saturated carbocycles. The van der Waals surface area contributed by atoms with Gasteiger partial charge in [-0.15, -0.1) is 0 Å². The Hall–Kier alpha value is -2.58. The van der Waals surface area contributed by atoms with Crippen LogP contribution in [0.1, 0.15) is 32.8 Å². The lowest BCUT2D eigenvalue weighted by atomic mass is 10.1. The van der Waals surface area contributed by atoms with Gasteiger partial charge >= 0.3 is 0 Å². The molecule has 2 aromatic carbocycles. The number of methoxy groups -OCH3 is 2. The summed E-state index contributed by atoms with van der Waals surface area (Å²) >= 11 is 0. The molecule has 0 aliphatic carbocycles. The second-order valence-corrected chi connectivity index (χ2v) is 9.30. The predicted molar refractivity (Wildman–Crippen MR) is 113 cm³/mol. The summed E-state index contributed by atoms with van der Waals surface area (Å²) in [5, 5.41) is 2.82. The van der Waals surface area contributed by atoms with Crippen molar-refractivity contribution in [2.45, 2.75) is 44.0 Å². The molecule has 0 aliphatic rings. The highest BCUT2D eigenvalue weighted by Gasteiger charge is 2.21. The normalized spacial score (nSPS) is 11.8. The van der Waals surface area contributed by atoms with Gasteiger partial charge in [-0.2, -0.15) is 0 Å². The molecule has 0 radical (unpaired) electrons. The summed E-state index contributed by atoms with van der Waals surface area (Å²) in [6.45, 7) is 5.36. The zero-order valence-electron chi connectivity index (χ0n) is 17.4. The van der Waals surface area contributed by atoms with Gasteiger partial charge in [0, 0.05) is 18.0 Å². The largest absolute Gasteiger partial charge is 0.497 e. The van der Waals surface area contributed by atoms with Gasteiger partial charge in [-0.25, -0.2) is 13.1 Å². The van der Waals surface area contributed by atoms with Crippen molar-refractivity contribution in [1.29, 1.82) is 0 Å². The van der Waals surface area contributed by atoms with E-state index in [2.05, 4.69) is 10.0 Å². The number of anilines is 1. The Balaban J connectivity index is 1.97. The van der Waals surface area contributed by atoms with Gasteiger partial charge in [0.05, 0.1) is 24.8 Å². The van der Waals surface area contributed by atoms with Gasteiger partial charge < -0.3 is 14.8 Å². The van der Waals surface area contributed by atoms with E-state index in [-0.39, 0.29) is 17.2 Å². The summed E-state index contributed by atoms with van der Waals surface area (Å²) in [5.74, 6) is 0.981. The molecule has 0 aromatic heterocycles. The smallest absolute Gasteiger partial charge is 0.241 e. The van der Waals surface area contributed by atoms with E-state index in [1.807, 2.05) is 0 Å². The van der Waals surface area contributed by atoms with Crippen LogP contribution in [0.4, 0.5) is 5.69 Å². The molecule has 0 spiro atoms. The number of nitrogens with one attached hydrogen (secondary N) is 2. The number of hydrogen-bond acceptors (Lipinski definition) is 5. The maximum atomic E-state index is 12.3. The molecule has 1 amide bonds. The molecule has 7 nitrogen and oxygen atoms in total. The van der Waals surface area contributed by atoms with Crippen LogP contribution in [0.5, 0.6) is 11.5 Å². The van der Waals surface area contributed by atoms with Crippen molar-refractivity contribution in [3.8, 4) is 11.5 Å². The molecule has 2 rings (SSSR count). The molecule has 0 saturated heterocycles. The maximum Gasteiger partial charge on any atom is 0.241 e. The van der Waals surface area contributed by atoms with Crippen LogP contribution in [0.15, 0.2) is 47.4 Å². The van der Waals surface area contributed by atoms with Crippen LogP contribution in [0.25, 0.3) is 0 Å². The van der Waals surface area contributed by atoms with Gasteiger partial charge in [-0.3, -0.25) is 4.79 Å². The first kappa shape index (κ1) is 22.7. The van der Waals surface area contributed by atoms with Crippen molar-refractivity contribution in [1.82, 2.24) is 4.72 Å². The number of aryl methyl sites for hydroxylation is 1. The lowest BCUT2D eigenvalue weighted by molar-refractivity contribution is -0.116. The molecule has 0 heterocycles. The number of rotatable bonds is 8. The van der Waals surface area contributed by atoms with Crippen LogP contribution in [0.3, 0.4) is 0 Å². The number of carbonyl (C=O) groups excluding carboxylic acids is 1. The van der Waals surface area contributed by atoms with Gasteiger partial charge in [0.2, 0.25) is 15.9 Å². The Kier molecular flexibility index (Phi) is 7.26. The van der Waals surface area contributed by atoms with Crippen molar-refractivity contribution >= 4 is 21.6 Å². The summed E-state index contributed by atoms with van der Waals surface area (Å²) in [6, 6.07) is 11.7. The third-order valence-corrected chi connectivity index (χ3v) is 5.77. The third kappa shape index (κ3) is 6.76. The number of benzene rings is 2. The number of ether oxygens (including phenoxy) is 2. The maximum absolute atomic E-state index is 12.3. The molecule has 0 aliphatic heterocycles. The lowest BCUT2D eigenvalue weighted by Gasteiger charge is -2.20. The van der Waals surface area contributed by atoms with Crippen LogP contribution in [-0.2, 0) is 21.2 Å². The molecule has 0 fully saturated rings. The highest BCUT2D eigenvalue weighted by Crippen LogP contribution is 2.29. The molecule has 0 bridgehead atoms. The van der Waals surface area contributed by atoms with E-state index in [0.717, 1.165) is 5.56 Å². The quantitative estimate of drug-likeness (QED) is 0.683. The Morgan fingerprint density at radius 2 is 1.66 bits per heavy atom. The molecule has 158 valence electrons. The van der Waals surface area contributed by atoms with E-state index in [1.165, 1.54) is 7.11 Å². The molecule has 2 aromatic rings. The Bertz CT molecular complexity index is 948. The van der Waals surface area contributed by atoms with E-state index in [4.69, 9.17) is 9.47 Å². The molecule has 29 heavy (non-hydrogen) atoms. The first-order valence-corrected chi connectivity index (χ1v) is 10.7. The zero-order chi connectivity index (χ0) is 21.7. The molecular formula is C21H28N2O5S. The SMILES string of the molecule is COc1ccc(NC(=O)CCc2ccc(S(=O)(=O)NC(C)(C)C)cc2)c(OC)c1. The van der Waals surface area contributed by atoms with Gasteiger partial charge in [-0.05, 0) is 57.0 Å². The van der Waals surface area contributed by atoms with Crippen molar-refractivity contribution in [2.75, 3.05) is 19.5 Å². The Morgan fingerprint density at radius 3 is 2.21 bits per heavy atom. The highest BCUT2D eigenvalue weighted by molar-refractivity contribution is 7.89. The monoisotopic (exact) mass is 420 g/mol. The predicted octanol–water partition coefficient (Wildman–Crippen LogP) is 3.35. The standard InChI is InChI=1S/C21H28N2O5S/c1-21(2,3)23-29(25,26)17-10-6-15(7-11-17)8-13-20(24)22-18-12-9-16(27-4)14-19(18)28-5/h6-7,9-12,14,23H,8,13H2,1-5H3,(H,22,24). The van der Waals surface area contributed by atoms with Gasteiger partial charge in [0.25, 0.3) is 0 Å². The third-order valence-electron chi connectivity index (χ3n) is 4.00. The van der Waals surface area contributed by atoms with Crippen molar-refractivity contribution in [3.63, 3.8) is 0 Å². The topological polar surface area (TPSA) is 93.7 Å². The summed E-state index contributed by atoms with van der Waals surface area (Å²) < 4.78 is 37.7. The van der Waals surface area contributed by atoms with E-state index < -0.39 is 15.6 Å². The van der Waals surface area contributed by atoms with E-state index in [9.17, 15) is 13.2 Å².